The number of nitrogens with one attached hydrogen (secondary N) is 1. The number of hydrogen-bond acceptors (Lipinski definition) is 4. The molecule has 1 aromatic rings. The van der Waals surface area contributed by atoms with Crippen LogP contribution in [0.15, 0.2) is 24.5 Å². The Labute approximate surface area is 97.0 Å². The minimum Gasteiger partial charge on any atom is -0.311 e. The van der Waals surface area contributed by atoms with E-state index in [1.807, 2.05) is 12.1 Å². The van der Waals surface area contributed by atoms with Crippen molar-refractivity contribution in [2.45, 2.75) is 25.1 Å². The molecule has 0 fully saturated rings. The van der Waals surface area contributed by atoms with Crippen molar-refractivity contribution in [2.75, 3.05) is 12.8 Å². The van der Waals surface area contributed by atoms with Gasteiger partial charge < -0.3 is 5.32 Å². The van der Waals surface area contributed by atoms with Crippen LogP contribution < -0.4 is 5.32 Å². The maximum atomic E-state index is 11.4. The zero-order valence-corrected chi connectivity index (χ0v) is 10.7. The Bertz CT molecular complexity index is 427. The van der Waals surface area contributed by atoms with Gasteiger partial charge in [0, 0.05) is 31.7 Å². The quantitative estimate of drug-likeness (QED) is 0.836. The zero-order valence-electron chi connectivity index (χ0n) is 9.90. The molecule has 1 heterocycles. The van der Waals surface area contributed by atoms with Gasteiger partial charge in [-0.05, 0) is 25.5 Å². The van der Waals surface area contributed by atoms with Gasteiger partial charge in [0.25, 0.3) is 0 Å². The van der Waals surface area contributed by atoms with E-state index in [0.717, 1.165) is 5.56 Å². The Hall–Kier alpha value is -0.940. The van der Waals surface area contributed by atoms with E-state index in [1.165, 1.54) is 6.26 Å². The predicted octanol–water partition coefficient (Wildman–Crippen LogP) is 0.994. The summed E-state index contributed by atoms with van der Waals surface area (Å²) in [7, 11) is -3.03. The highest BCUT2D eigenvalue weighted by atomic mass is 32.2. The van der Waals surface area contributed by atoms with Gasteiger partial charge in [0.2, 0.25) is 0 Å². The summed E-state index contributed by atoms with van der Waals surface area (Å²) in [6, 6.07) is 3.81. The lowest BCUT2D eigenvalue weighted by molar-refractivity contribution is 0.521. The number of aromatic nitrogens is 1. The topological polar surface area (TPSA) is 59.1 Å². The molecule has 0 aliphatic rings. The van der Waals surface area contributed by atoms with E-state index in [9.17, 15) is 8.42 Å². The fraction of sp³-hybridized carbons (Fsp3) is 0.545. The van der Waals surface area contributed by atoms with Gasteiger partial charge in [0.1, 0.15) is 0 Å². The summed E-state index contributed by atoms with van der Waals surface area (Å²) in [5.74, 6) is 0. The van der Waals surface area contributed by atoms with E-state index in [4.69, 9.17) is 0 Å². The number of sulfone groups is 1. The summed E-state index contributed by atoms with van der Waals surface area (Å²) in [6.07, 6.45) is 4.74. The third kappa shape index (κ3) is 3.57. The van der Waals surface area contributed by atoms with Crippen molar-refractivity contribution in [3.05, 3.63) is 30.1 Å². The molecule has 16 heavy (non-hydrogen) atoms. The van der Waals surface area contributed by atoms with Crippen LogP contribution in [0.25, 0.3) is 0 Å². The van der Waals surface area contributed by atoms with Gasteiger partial charge in [0.05, 0.1) is 4.75 Å². The average Bonchev–Trinajstić information content (AvgIpc) is 2.17. The summed E-state index contributed by atoms with van der Waals surface area (Å²) in [4.78, 5) is 3.99. The van der Waals surface area contributed by atoms with E-state index in [1.54, 1.807) is 26.2 Å². The van der Waals surface area contributed by atoms with Crippen molar-refractivity contribution in [1.29, 1.82) is 0 Å². The van der Waals surface area contributed by atoms with Crippen molar-refractivity contribution in [2.24, 2.45) is 0 Å². The summed E-state index contributed by atoms with van der Waals surface area (Å²) in [6.45, 7) is 4.50. The SMILES string of the molecule is CC(C)(CNCc1cccnc1)S(C)(=O)=O. The average molecular weight is 242 g/mol. The number of nitrogens with zero attached hydrogens (tertiary/aromatic N) is 1. The Morgan fingerprint density at radius 2 is 2.12 bits per heavy atom. The molecule has 0 aliphatic carbocycles. The van der Waals surface area contributed by atoms with Gasteiger partial charge in [0.15, 0.2) is 9.84 Å². The van der Waals surface area contributed by atoms with Crippen LogP contribution in [0.5, 0.6) is 0 Å². The lowest BCUT2D eigenvalue weighted by Gasteiger charge is -2.22. The molecule has 0 aromatic carbocycles. The van der Waals surface area contributed by atoms with E-state index < -0.39 is 14.6 Å². The first-order chi connectivity index (χ1) is 7.33. The Morgan fingerprint density at radius 3 is 2.62 bits per heavy atom. The first kappa shape index (κ1) is 13.1. The minimum atomic E-state index is -3.03. The highest BCUT2D eigenvalue weighted by Crippen LogP contribution is 2.13. The van der Waals surface area contributed by atoms with Gasteiger partial charge in [-0.15, -0.1) is 0 Å². The molecule has 1 aromatic heterocycles. The molecule has 90 valence electrons. The fourth-order valence-electron chi connectivity index (χ4n) is 1.14. The second-order valence-electron chi connectivity index (χ2n) is 4.50. The van der Waals surface area contributed by atoms with Crippen molar-refractivity contribution in [3.8, 4) is 0 Å². The normalized spacial score (nSPS) is 12.7. The molecule has 0 unspecified atom stereocenters. The van der Waals surface area contributed by atoms with Crippen molar-refractivity contribution < 1.29 is 8.42 Å². The lowest BCUT2D eigenvalue weighted by Crippen LogP contribution is -2.41. The fourth-order valence-corrected chi connectivity index (χ4v) is 1.51. The minimum absolute atomic E-state index is 0.431. The van der Waals surface area contributed by atoms with Gasteiger partial charge in [-0.25, -0.2) is 8.42 Å². The molecule has 0 atom stereocenters. The maximum absolute atomic E-state index is 11.4. The molecule has 1 N–H and O–H groups in total. The monoisotopic (exact) mass is 242 g/mol. The van der Waals surface area contributed by atoms with Gasteiger partial charge >= 0.3 is 0 Å². The molecular formula is C11H18N2O2S. The molecule has 0 saturated heterocycles. The predicted molar refractivity (Wildman–Crippen MR) is 64.9 cm³/mol. The van der Waals surface area contributed by atoms with Gasteiger partial charge in [-0.1, -0.05) is 6.07 Å². The smallest absolute Gasteiger partial charge is 0.153 e. The molecule has 1 rings (SSSR count). The second-order valence-corrected chi connectivity index (χ2v) is 7.15. The second kappa shape index (κ2) is 4.93. The van der Waals surface area contributed by atoms with Crippen LogP contribution >= 0.6 is 0 Å². The molecule has 0 spiro atoms. The molecule has 0 saturated carbocycles. The Balaban J connectivity index is 2.48. The number of pyridine rings is 1. The molecule has 0 aliphatic heterocycles. The van der Waals surface area contributed by atoms with Crippen LogP contribution in [-0.4, -0.2) is 30.9 Å². The van der Waals surface area contributed by atoms with E-state index in [0.29, 0.717) is 13.1 Å². The molecular weight excluding hydrogens is 224 g/mol. The maximum Gasteiger partial charge on any atom is 0.153 e. The molecule has 0 radical (unpaired) electrons. The lowest BCUT2D eigenvalue weighted by atomic mass is 10.2. The van der Waals surface area contributed by atoms with Crippen LogP contribution in [0.2, 0.25) is 0 Å². The Morgan fingerprint density at radius 1 is 1.44 bits per heavy atom. The van der Waals surface area contributed by atoms with E-state index in [-0.39, 0.29) is 0 Å². The van der Waals surface area contributed by atoms with Crippen molar-refractivity contribution in [1.82, 2.24) is 10.3 Å². The summed E-state index contributed by atoms with van der Waals surface area (Å²) >= 11 is 0. The highest BCUT2D eigenvalue weighted by Gasteiger charge is 2.29. The zero-order chi connectivity index (χ0) is 12.2. The first-order valence-corrected chi connectivity index (χ1v) is 7.01. The van der Waals surface area contributed by atoms with Gasteiger partial charge in [-0.2, -0.15) is 0 Å². The van der Waals surface area contributed by atoms with E-state index >= 15 is 0 Å². The first-order valence-electron chi connectivity index (χ1n) is 5.12. The number of hydrogen-bond donors (Lipinski definition) is 1. The van der Waals surface area contributed by atoms with Crippen molar-refractivity contribution in [3.63, 3.8) is 0 Å². The standard InChI is InChI=1S/C11H18N2O2S/c1-11(2,16(3,14)15)9-13-8-10-5-4-6-12-7-10/h4-7,13H,8-9H2,1-3H3. The largest absolute Gasteiger partial charge is 0.311 e. The van der Waals surface area contributed by atoms with Crippen LogP contribution in [0.3, 0.4) is 0 Å². The van der Waals surface area contributed by atoms with E-state index in [2.05, 4.69) is 10.3 Å². The Kier molecular flexibility index (Phi) is 4.04. The third-order valence-electron chi connectivity index (χ3n) is 2.61. The summed E-state index contributed by atoms with van der Waals surface area (Å²) in [5.41, 5.74) is 1.05. The molecule has 0 bridgehead atoms. The van der Waals surface area contributed by atoms with Crippen LogP contribution in [-0.2, 0) is 16.4 Å². The van der Waals surface area contributed by atoms with Crippen molar-refractivity contribution >= 4 is 9.84 Å². The van der Waals surface area contributed by atoms with Gasteiger partial charge in [-0.3, -0.25) is 4.98 Å². The number of rotatable bonds is 5. The third-order valence-corrected chi connectivity index (χ3v) is 4.76. The van der Waals surface area contributed by atoms with Crippen LogP contribution in [0.1, 0.15) is 19.4 Å². The molecule has 4 nitrogen and oxygen atoms in total. The van der Waals surface area contributed by atoms with Crippen LogP contribution in [0, 0.1) is 0 Å². The highest BCUT2D eigenvalue weighted by molar-refractivity contribution is 7.92. The molecule has 0 amide bonds. The molecule has 5 heteroatoms. The summed E-state index contributed by atoms with van der Waals surface area (Å²) in [5, 5.41) is 3.13. The van der Waals surface area contributed by atoms with Crippen LogP contribution in [0.4, 0.5) is 0 Å². The summed E-state index contributed by atoms with van der Waals surface area (Å²) < 4.78 is 22.1.